The summed E-state index contributed by atoms with van der Waals surface area (Å²) in [6, 6.07) is 0. The quantitative estimate of drug-likeness (QED) is 0.389. The smallest absolute Gasteiger partial charge is 0.186 e. The van der Waals surface area contributed by atoms with Gasteiger partial charge in [-0.15, -0.1) is 0 Å². The topological polar surface area (TPSA) is 120 Å². The molecule has 7 nitrogen and oxygen atoms in total. The molecule has 1 heterocycles. The lowest BCUT2D eigenvalue weighted by Crippen LogP contribution is -2.41. The molecule has 1 aliphatic heterocycles. The van der Waals surface area contributed by atoms with Crippen LogP contribution in [0.5, 0.6) is 0 Å². The number of aliphatic hydroxyl groups is 5. The van der Waals surface area contributed by atoms with Crippen LogP contribution in [0.4, 0.5) is 0 Å². The van der Waals surface area contributed by atoms with E-state index in [2.05, 4.69) is 0 Å². The van der Waals surface area contributed by atoms with Crippen LogP contribution < -0.4 is 0 Å². The molecule has 2 rings (SSSR count). The highest BCUT2D eigenvalue weighted by molar-refractivity contribution is 4.88. The second-order valence-electron chi connectivity index (χ2n) is 4.91. The van der Waals surface area contributed by atoms with E-state index in [0.29, 0.717) is 12.8 Å². The first-order valence-electron chi connectivity index (χ1n) is 6.17. The van der Waals surface area contributed by atoms with E-state index in [1.165, 1.54) is 0 Å². The van der Waals surface area contributed by atoms with Gasteiger partial charge < -0.3 is 35.0 Å². The molecule has 18 heavy (non-hydrogen) atoms. The van der Waals surface area contributed by atoms with E-state index < -0.39 is 43.4 Å². The van der Waals surface area contributed by atoms with Gasteiger partial charge in [-0.05, 0) is 12.8 Å². The highest BCUT2D eigenvalue weighted by atomic mass is 16.7. The Kier molecular flexibility index (Phi) is 4.54. The zero-order chi connectivity index (χ0) is 13.3. The van der Waals surface area contributed by atoms with Crippen molar-refractivity contribution in [2.75, 3.05) is 6.61 Å². The predicted octanol–water partition coefficient (Wildman–Crippen LogP) is -2.28. The van der Waals surface area contributed by atoms with E-state index in [1.54, 1.807) is 0 Å². The molecule has 0 spiro atoms. The van der Waals surface area contributed by atoms with Crippen LogP contribution in [0.3, 0.4) is 0 Å². The van der Waals surface area contributed by atoms with Crippen molar-refractivity contribution in [3.8, 4) is 0 Å². The summed E-state index contributed by atoms with van der Waals surface area (Å²) in [6.07, 6.45) is -4.97. The van der Waals surface area contributed by atoms with Gasteiger partial charge in [-0.2, -0.15) is 0 Å². The molecule has 0 aromatic rings. The minimum atomic E-state index is -1.22. The number of hydrogen-bond acceptors (Lipinski definition) is 7. The fourth-order valence-electron chi connectivity index (χ4n) is 2.38. The summed E-state index contributed by atoms with van der Waals surface area (Å²) in [5.74, 6) is 0. The van der Waals surface area contributed by atoms with Crippen LogP contribution in [0, 0.1) is 0 Å². The maximum atomic E-state index is 9.68. The van der Waals surface area contributed by atoms with Gasteiger partial charge in [0.1, 0.15) is 18.3 Å². The molecule has 0 radical (unpaired) electrons. The zero-order valence-electron chi connectivity index (χ0n) is 9.92. The monoisotopic (exact) mass is 264 g/mol. The minimum absolute atomic E-state index is 0.258. The second kappa shape index (κ2) is 5.79. The second-order valence-corrected chi connectivity index (χ2v) is 4.91. The van der Waals surface area contributed by atoms with Crippen LogP contribution >= 0.6 is 0 Å². The molecule has 106 valence electrons. The summed E-state index contributed by atoms with van der Waals surface area (Å²) in [4.78, 5) is 0. The fourth-order valence-corrected chi connectivity index (χ4v) is 2.38. The highest BCUT2D eigenvalue weighted by Gasteiger charge is 2.44. The van der Waals surface area contributed by atoms with Gasteiger partial charge in [0.05, 0.1) is 24.9 Å². The summed E-state index contributed by atoms with van der Waals surface area (Å²) in [7, 11) is 0. The van der Waals surface area contributed by atoms with Gasteiger partial charge in [0.25, 0.3) is 0 Å². The molecule has 7 atom stereocenters. The third-order valence-corrected chi connectivity index (χ3v) is 3.56. The largest absolute Gasteiger partial charge is 0.394 e. The Hall–Kier alpha value is -0.280. The van der Waals surface area contributed by atoms with E-state index in [1.807, 2.05) is 0 Å². The Bertz CT molecular complexity index is 274. The molecule has 2 aliphatic rings. The van der Waals surface area contributed by atoms with Crippen LogP contribution in [0.1, 0.15) is 19.3 Å². The summed E-state index contributed by atoms with van der Waals surface area (Å²) in [5.41, 5.74) is 0. The Balaban J connectivity index is 1.87. The molecule has 0 aromatic carbocycles. The Morgan fingerprint density at radius 1 is 1.00 bits per heavy atom. The van der Waals surface area contributed by atoms with Gasteiger partial charge in [0.2, 0.25) is 0 Å². The van der Waals surface area contributed by atoms with E-state index in [0.717, 1.165) is 0 Å². The molecule has 0 bridgehead atoms. The Morgan fingerprint density at radius 2 is 1.72 bits per heavy atom. The first kappa shape index (κ1) is 14.1. The molecule has 1 aliphatic carbocycles. The van der Waals surface area contributed by atoms with Crippen molar-refractivity contribution in [2.24, 2.45) is 0 Å². The van der Waals surface area contributed by atoms with E-state index in [4.69, 9.17) is 14.6 Å². The van der Waals surface area contributed by atoms with Crippen LogP contribution in [-0.4, -0.2) is 75.1 Å². The first-order chi connectivity index (χ1) is 8.52. The Morgan fingerprint density at radius 3 is 2.28 bits per heavy atom. The van der Waals surface area contributed by atoms with E-state index >= 15 is 0 Å². The lowest BCUT2D eigenvalue weighted by Gasteiger charge is -2.32. The molecule has 1 saturated carbocycles. The van der Waals surface area contributed by atoms with Crippen LogP contribution in [0.25, 0.3) is 0 Å². The SMILES string of the molecule is OC[C@H]1O[C@H](O[C@H]2CC[C@@H](O)[C@H](O)C2)[C@@H](O)[C@@H]1O. The van der Waals surface area contributed by atoms with Crippen LogP contribution in [-0.2, 0) is 9.47 Å². The summed E-state index contributed by atoms with van der Waals surface area (Å²) in [5, 5.41) is 47.0. The van der Waals surface area contributed by atoms with E-state index in [9.17, 15) is 20.4 Å². The van der Waals surface area contributed by atoms with Crippen LogP contribution in [0.2, 0.25) is 0 Å². The van der Waals surface area contributed by atoms with E-state index in [-0.39, 0.29) is 12.5 Å². The molecule has 1 saturated heterocycles. The van der Waals surface area contributed by atoms with Gasteiger partial charge in [0.15, 0.2) is 6.29 Å². The average molecular weight is 264 g/mol. The molecule has 0 aromatic heterocycles. The zero-order valence-corrected chi connectivity index (χ0v) is 9.92. The molecular weight excluding hydrogens is 244 g/mol. The van der Waals surface area contributed by atoms with Crippen molar-refractivity contribution in [1.29, 1.82) is 0 Å². The van der Waals surface area contributed by atoms with Crippen molar-refractivity contribution in [2.45, 2.75) is 62.2 Å². The third-order valence-electron chi connectivity index (χ3n) is 3.56. The van der Waals surface area contributed by atoms with Crippen molar-refractivity contribution in [3.63, 3.8) is 0 Å². The number of rotatable bonds is 3. The molecule has 7 heteroatoms. The van der Waals surface area contributed by atoms with Crippen LogP contribution in [0.15, 0.2) is 0 Å². The predicted molar refractivity (Wildman–Crippen MR) is 58.5 cm³/mol. The van der Waals surface area contributed by atoms with Gasteiger partial charge >= 0.3 is 0 Å². The van der Waals surface area contributed by atoms with Gasteiger partial charge in [-0.1, -0.05) is 0 Å². The maximum absolute atomic E-state index is 9.68. The first-order valence-corrected chi connectivity index (χ1v) is 6.17. The summed E-state index contributed by atoms with van der Waals surface area (Å²) >= 11 is 0. The number of aliphatic hydroxyl groups excluding tert-OH is 5. The number of hydrogen-bond donors (Lipinski definition) is 5. The average Bonchev–Trinajstić information content (AvgIpc) is 2.62. The molecule has 2 fully saturated rings. The fraction of sp³-hybridized carbons (Fsp3) is 1.00. The van der Waals surface area contributed by atoms with Crippen molar-refractivity contribution in [3.05, 3.63) is 0 Å². The number of ether oxygens (including phenoxy) is 2. The van der Waals surface area contributed by atoms with Gasteiger partial charge in [-0.25, -0.2) is 0 Å². The standard InChI is InChI=1S/C11H20O7/c12-4-8-9(15)10(16)11(18-8)17-5-1-2-6(13)7(14)3-5/h5-16H,1-4H2/t5-,6+,7+,8+,9+,10-,11-/m0/s1. The van der Waals surface area contributed by atoms with Crippen molar-refractivity contribution >= 4 is 0 Å². The normalized spacial score (nSPS) is 49.5. The molecule has 5 N–H and O–H groups in total. The summed E-state index contributed by atoms with van der Waals surface area (Å²) < 4.78 is 10.7. The third kappa shape index (κ3) is 2.83. The summed E-state index contributed by atoms with van der Waals surface area (Å²) in [6.45, 7) is -0.399. The molecule has 0 unspecified atom stereocenters. The van der Waals surface area contributed by atoms with Gasteiger partial charge in [0, 0.05) is 6.42 Å². The maximum Gasteiger partial charge on any atom is 0.186 e. The minimum Gasteiger partial charge on any atom is -0.394 e. The lowest BCUT2D eigenvalue weighted by molar-refractivity contribution is -0.209. The van der Waals surface area contributed by atoms with Gasteiger partial charge in [-0.3, -0.25) is 0 Å². The lowest BCUT2D eigenvalue weighted by atomic mass is 9.92. The molecule has 0 amide bonds. The van der Waals surface area contributed by atoms with Crippen molar-refractivity contribution < 1.29 is 35.0 Å². The Labute approximate surface area is 105 Å². The molecular formula is C11H20O7. The van der Waals surface area contributed by atoms with Crippen molar-refractivity contribution in [1.82, 2.24) is 0 Å². The highest BCUT2D eigenvalue weighted by Crippen LogP contribution is 2.28.